The zero-order valence-corrected chi connectivity index (χ0v) is 9.66. The van der Waals surface area contributed by atoms with Crippen LogP contribution in [0.4, 0.5) is 0 Å². The van der Waals surface area contributed by atoms with Gasteiger partial charge in [0.1, 0.15) is 18.3 Å². The molecule has 0 aliphatic carbocycles. The molecule has 10 heteroatoms. The smallest absolute Gasteiger partial charge is 0.388 e. The Hall–Kier alpha value is -0.540. The van der Waals surface area contributed by atoms with Crippen molar-refractivity contribution in [3.63, 3.8) is 0 Å². The number of nitrogens with one attached hydrogen (secondary N) is 1. The summed E-state index contributed by atoms with van der Waals surface area (Å²) in [6.45, 7) is -0.559. The van der Waals surface area contributed by atoms with Gasteiger partial charge in [0.25, 0.3) is 0 Å². The van der Waals surface area contributed by atoms with Crippen LogP contribution in [0, 0.1) is 5.41 Å². The van der Waals surface area contributed by atoms with E-state index in [1.54, 1.807) is 0 Å². The number of ether oxygens (including phenoxy) is 1. The number of aliphatic hydroxyl groups excluding tert-OH is 2. The number of phosphoric ester groups is 1. The van der Waals surface area contributed by atoms with Gasteiger partial charge in [-0.05, 0) is 0 Å². The Morgan fingerprint density at radius 1 is 1.35 bits per heavy atom. The highest BCUT2D eigenvalue weighted by atomic mass is 31.2. The topological polar surface area (TPSA) is 166 Å². The van der Waals surface area contributed by atoms with Crippen molar-refractivity contribution in [2.45, 2.75) is 30.8 Å². The molecule has 0 aromatic heterocycles. The molecule has 0 bridgehead atoms. The lowest BCUT2D eigenvalue weighted by atomic mass is 10.1. The van der Waals surface area contributed by atoms with Crippen LogP contribution in [0.3, 0.4) is 0 Å². The first-order valence-corrected chi connectivity index (χ1v) is 6.28. The van der Waals surface area contributed by atoms with E-state index >= 15 is 0 Å². The second-order valence-electron chi connectivity index (χ2n) is 3.71. The Balaban J connectivity index is 2.53. The Bertz CT molecular complexity index is 332. The van der Waals surface area contributed by atoms with Gasteiger partial charge in [-0.3, -0.25) is 9.93 Å². The van der Waals surface area contributed by atoms with Crippen LogP contribution in [0.15, 0.2) is 0 Å². The third-order valence-corrected chi connectivity index (χ3v) is 2.77. The van der Waals surface area contributed by atoms with Crippen molar-refractivity contribution < 1.29 is 33.8 Å². The molecule has 0 radical (unpaired) electrons. The minimum atomic E-state index is -4.65. The maximum Gasteiger partial charge on any atom is 0.469 e. The van der Waals surface area contributed by atoms with Crippen LogP contribution >= 0.6 is 7.82 Å². The highest BCUT2D eigenvalue weighted by molar-refractivity contribution is 7.46. The fourth-order valence-corrected chi connectivity index (χ4v) is 1.86. The van der Waals surface area contributed by atoms with Crippen molar-refractivity contribution in [3.8, 4) is 0 Å². The molecule has 4 atom stereocenters. The molecule has 0 aromatic rings. The number of phosphoric acid groups is 1. The third-order valence-electron chi connectivity index (χ3n) is 2.29. The van der Waals surface area contributed by atoms with E-state index in [1.165, 1.54) is 0 Å². The quantitative estimate of drug-likeness (QED) is 0.188. The van der Waals surface area contributed by atoms with E-state index in [9.17, 15) is 14.8 Å². The van der Waals surface area contributed by atoms with Gasteiger partial charge in [0, 0.05) is 6.42 Å². The van der Waals surface area contributed by atoms with E-state index in [0.29, 0.717) is 0 Å². The van der Waals surface area contributed by atoms with Crippen molar-refractivity contribution >= 4 is 13.7 Å². The number of amidine groups is 1. The molecule has 1 saturated heterocycles. The molecule has 1 unspecified atom stereocenters. The maximum atomic E-state index is 10.5. The van der Waals surface area contributed by atoms with Crippen LogP contribution in [0.5, 0.6) is 0 Å². The fraction of sp³-hybridized carbons (Fsp3) is 0.857. The molecular weight excluding hydrogens is 255 g/mol. The van der Waals surface area contributed by atoms with E-state index in [2.05, 4.69) is 4.52 Å². The number of hydrogen-bond donors (Lipinski definition) is 6. The molecule has 0 spiro atoms. The molecule has 0 aromatic carbocycles. The van der Waals surface area contributed by atoms with Gasteiger partial charge in [-0.1, -0.05) is 0 Å². The first-order chi connectivity index (χ1) is 7.70. The Kier molecular flexibility index (Phi) is 4.62. The number of rotatable bonds is 5. The van der Waals surface area contributed by atoms with Crippen LogP contribution in [-0.2, 0) is 13.8 Å². The largest absolute Gasteiger partial charge is 0.469 e. The molecule has 100 valence electrons. The first kappa shape index (κ1) is 14.5. The predicted octanol–water partition coefficient (Wildman–Crippen LogP) is -2.09. The summed E-state index contributed by atoms with van der Waals surface area (Å²) >= 11 is 0. The van der Waals surface area contributed by atoms with Crippen molar-refractivity contribution in [3.05, 3.63) is 0 Å². The third kappa shape index (κ3) is 4.32. The summed E-state index contributed by atoms with van der Waals surface area (Å²) in [5.41, 5.74) is 5.12. The monoisotopic (exact) mass is 270 g/mol. The minimum Gasteiger partial charge on any atom is -0.388 e. The number of nitrogens with two attached hydrogens (primary N) is 1. The second kappa shape index (κ2) is 5.40. The van der Waals surface area contributed by atoms with E-state index < -0.39 is 38.8 Å². The van der Waals surface area contributed by atoms with Crippen LogP contribution in [0.2, 0.25) is 0 Å². The Morgan fingerprint density at radius 3 is 2.35 bits per heavy atom. The molecule has 7 N–H and O–H groups in total. The Morgan fingerprint density at radius 2 is 1.88 bits per heavy atom. The summed E-state index contributed by atoms with van der Waals surface area (Å²) in [6.07, 6.45) is -4.64. The summed E-state index contributed by atoms with van der Waals surface area (Å²) in [6, 6.07) is 0. The van der Waals surface area contributed by atoms with Gasteiger partial charge in [0.2, 0.25) is 0 Å². The number of aliphatic hydroxyl groups is 2. The van der Waals surface area contributed by atoms with Crippen molar-refractivity contribution in [2.75, 3.05) is 6.61 Å². The van der Waals surface area contributed by atoms with E-state index in [-0.39, 0.29) is 12.3 Å². The van der Waals surface area contributed by atoms with Crippen molar-refractivity contribution in [1.29, 1.82) is 5.41 Å². The average Bonchev–Trinajstić information content (AvgIpc) is 2.41. The molecule has 0 amide bonds. The predicted molar refractivity (Wildman–Crippen MR) is 55.2 cm³/mol. The minimum absolute atomic E-state index is 0.0787. The molecule has 1 aliphatic rings. The van der Waals surface area contributed by atoms with Gasteiger partial charge in [-0.2, -0.15) is 0 Å². The molecule has 1 fully saturated rings. The zero-order valence-electron chi connectivity index (χ0n) is 8.76. The second-order valence-corrected chi connectivity index (χ2v) is 4.95. The summed E-state index contributed by atoms with van der Waals surface area (Å²) in [5, 5.41) is 26.1. The van der Waals surface area contributed by atoms with Gasteiger partial charge in [0.05, 0.1) is 18.5 Å². The van der Waals surface area contributed by atoms with E-state index in [4.69, 9.17) is 25.7 Å². The fourth-order valence-electron chi connectivity index (χ4n) is 1.52. The summed E-state index contributed by atoms with van der Waals surface area (Å²) < 4.78 is 19.7. The molecule has 17 heavy (non-hydrogen) atoms. The normalized spacial score (nSPS) is 33.9. The summed E-state index contributed by atoms with van der Waals surface area (Å²) in [7, 11) is -4.65. The first-order valence-electron chi connectivity index (χ1n) is 4.75. The molecule has 0 saturated carbocycles. The van der Waals surface area contributed by atoms with Crippen molar-refractivity contribution in [2.24, 2.45) is 5.73 Å². The lowest BCUT2D eigenvalue weighted by molar-refractivity contribution is -0.0196. The SMILES string of the molecule is N=C(N)CC1O[C@H](COP(=O)(O)O)[C@@H](O)[C@H]1O. The molecule has 1 rings (SSSR count). The highest BCUT2D eigenvalue weighted by Gasteiger charge is 2.43. The highest BCUT2D eigenvalue weighted by Crippen LogP contribution is 2.37. The lowest BCUT2D eigenvalue weighted by Crippen LogP contribution is -2.35. The molecule has 1 aliphatic heterocycles. The Labute approximate surface area is 96.9 Å². The van der Waals surface area contributed by atoms with E-state index in [0.717, 1.165) is 0 Å². The van der Waals surface area contributed by atoms with Crippen LogP contribution in [0.1, 0.15) is 6.42 Å². The van der Waals surface area contributed by atoms with Gasteiger partial charge in [0.15, 0.2) is 0 Å². The van der Waals surface area contributed by atoms with Gasteiger partial charge < -0.3 is 30.5 Å². The van der Waals surface area contributed by atoms with Gasteiger partial charge >= 0.3 is 7.82 Å². The van der Waals surface area contributed by atoms with Crippen LogP contribution in [-0.4, -0.2) is 56.9 Å². The molecular formula is C7H15N2O7P. The lowest BCUT2D eigenvalue weighted by Gasteiger charge is -2.14. The standard InChI is InChI=1S/C7H15N2O7P/c8-5(9)1-3-6(10)7(11)4(16-3)2-15-17(12,13)14/h3-4,6-7,10-11H,1-2H2,(H3,8,9)(H2,12,13,14)/t3?,4-,6+,7-/m1/s1. The average molecular weight is 270 g/mol. The number of hydrogen-bond acceptors (Lipinski definition) is 6. The molecule has 1 heterocycles. The van der Waals surface area contributed by atoms with Crippen molar-refractivity contribution in [1.82, 2.24) is 0 Å². The van der Waals surface area contributed by atoms with Crippen LogP contribution < -0.4 is 5.73 Å². The maximum absolute atomic E-state index is 10.5. The van der Waals surface area contributed by atoms with Crippen LogP contribution in [0.25, 0.3) is 0 Å². The summed E-state index contributed by atoms with van der Waals surface area (Å²) in [4.78, 5) is 17.0. The van der Waals surface area contributed by atoms with Gasteiger partial charge in [-0.15, -0.1) is 0 Å². The summed E-state index contributed by atoms with van der Waals surface area (Å²) in [5.74, 6) is -0.224. The van der Waals surface area contributed by atoms with E-state index in [1.807, 2.05) is 0 Å². The zero-order chi connectivity index (χ0) is 13.2. The molecule has 9 nitrogen and oxygen atoms in total. The van der Waals surface area contributed by atoms with Gasteiger partial charge in [-0.25, -0.2) is 4.57 Å².